The average Bonchev–Trinajstić information content (AvgIpc) is 2.93. The second-order valence-corrected chi connectivity index (χ2v) is 11.2. The Labute approximate surface area is 242 Å². The van der Waals surface area contributed by atoms with Crippen LogP contribution in [0.2, 0.25) is 0 Å². The number of nitrogens with zero attached hydrogens (tertiary/aromatic N) is 4. The Morgan fingerprint density at radius 2 is 1.74 bits per heavy atom. The predicted molar refractivity (Wildman–Crippen MR) is 153 cm³/mol. The number of benzene rings is 2. The molecular weight excluding hydrogens is 574 g/mol. The van der Waals surface area contributed by atoms with E-state index in [2.05, 4.69) is 20.6 Å². The van der Waals surface area contributed by atoms with Gasteiger partial charge in [0.15, 0.2) is 15.7 Å². The number of halogens is 2. The highest BCUT2D eigenvalue weighted by Crippen LogP contribution is 2.25. The lowest BCUT2D eigenvalue weighted by molar-refractivity contribution is -0.137. The molecule has 0 spiro atoms. The van der Waals surface area contributed by atoms with E-state index in [0.29, 0.717) is 24.7 Å². The Morgan fingerprint density at radius 3 is 2.31 bits per heavy atom. The second kappa shape index (κ2) is 13.9. The molecule has 0 aliphatic rings. The number of amides is 1. The molecule has 3 N–H and O–H groups in total. The van der Waals surface area contributed by atoms with Gasteiger partial charge in [0.1, 0.15) is 34.2 Å². The normalized spacial score (nSPS) is 11.9. The van der Waals surface area contributed by atoms with E-state index in [9.17, 15) is 31.9 Å². The zero-order chi connectivity index (χ0) is 31.0. The van der Waals surface area contributed by atoms with Gasteiger partial charge in [0.25, 0.3) is 0 Å². The number of carboxylic acid groups (broad SMARTS) is 1. The fourth-order valence-electron chi connectivity index (χ4n) is 3.74. The fourth-order valence-corrected chi connectivity index (χ4v) is 4.87. The molecule has 0 aliphatic heterocycles. The van der Waals surface area contributed by atoms with Gasteiger partial charge in [-0.3, -0.25) is 0 Å². The number of rotatable bonds is 13. The Morgan fingerprint density at radius 1 is 1.07 bits per heavy atom. The Balaban J connectivity index is 1.87. The zero-order valence-electron chi connectivity index (χ0n) is 23.5. The summed E-state index contributed by atoms with van der Waals surface area (Å²) >= 11 is 0. The first-order valence-corrected chi connectivity index (χ1v) is 14.5. The topological polar surface area (TPSA) is 154 Å². The molecule has 1 heterocycles. The lowest BCUT2D eigenvalue weighted by Crippen LogP contribution is -2.33. The molecule has 15 heteroatoms. The summed E-state index contributed by atoms with van der Waals surface area (Å²) in [6.45, 7) is 4.87. The molecule has 3 aromatic rings. The van der Waals surface area contributed by atoms with Crippen LogP contribution >= 0.6 is 0 Å². The molecule has 0 aliphatic carbocycles. The van der Waals surface area contributed by atoms with E-state index in [-0.39, 0.29) is 29.6 Å². The third kappa shape index (κ3) is 8.25. The minimum Gasteiger partial charge on any atom is -0.480 e. The number of aromatic nitrogens is 2. The largest absolute Gasteiger partial charge is 0.480 e. The maximum absolute atomic E-state index is 14.2. The van der Waals surface area contributed by atoms with Gasteiger partial charge < -0.3 is 30.3 Å². The molecule has 0 radical (unpaired) electrons. The second-order valence-electron chi connectivity index (χ2n) is 9.26. The molecule has 42 heavy (non-hydrogen) atoms. The molecule has 1 atom stereocenters. The summed E-state index contributed by atoms with van der Waals surface area (Å²) < 4.78 is 58.3. The van der Waals surface area contributed by atoms with Crippen molar-refractivity contribution in [2.24, 2.45) is 0 Å². The molecular formula is C27H32F2N6O6S. The van der Waals surface area contributed by atoms with Crippen molar-refractivity contribution in [3.63, 3.8) is 0 Å². The average molecular weight is 607 g/mol. The number of carboxylic acids is 1. The predicted octanol–water partition coefficient (Wildman–Crippen LogP) is 3.61. The van der Waals surface area contributed by atoms with E-state index >= 15 is 0 Å². The molecule has 2 aromatic carbocycles. The number of anilines is 3. The standard InChI is InChI=1S/C27H32F2N6O6S/c1-5-35(6-2)26-30-15-22(31-16-42(39,40)23-12-9-18(28)14-20(23)29)24(33-26)32-21(25(36)37)13-17-7-10-19(11-8-17)41-27(38)34(3)4/h7-12,14-15,21,31H,5-6,13,16H2,1-4H3,(H,36,37)(H,30,32,33). The van der Waals surface area contributed by atoms with Gasteiger partial charge in [0, 0.05) is 39.7 Å². The van der Waals surface area contributed by atoms with Crippen molar-refractivity contribution in [2.75, 3.05) is 48.6 Å². The first-order chi connectivity index (χ1) is 19.8. The van der Waals surface area contributed by atoms with Crippen molar-refractivity contribution in [3.05, 3.63) is 65.9 Å². The van der Waals surface area contributed by atoms with Crippen LogP contribution in [0.3, 0.4) is 0 Å². The van der Waals surface area contributed by atoms with Crippen LogP contribution in [0.1, 0.15) is 19.4 Å². The van der Waals surface area contributed by atoms with Crippen LogP contribution in [0.25, 0.3) is 0 Å². The Hall–Kier alpha value is -4.53. The van der Waals surface area contributed by atoms with E-state index < -0.39 is 50.3 Å². The molecule has 12 nitrogen and oxygen atoms in total. The summed E-state index contributed by atoms with van der Waals surface area (Å²) in [4.78, 5) is 35.1. The highest BCUT2D eigenvalue weighted by atomic mass is 32.2. The van der Waals surface area contributed by atoms with Crippen molar-refractivity contribution in [3.8, 4) is 5.75 Å². The third-order valence-electron chi connectivity index (χ3n) is 6.05. The van der Waals surface area contributed by atoms with Crippen LogP contribution in [0.4, 0.5) is 31.0 Å². The van der Waals surface area contributed by atoms with Crippen molar-refractivity contribution in [1.82, 2.24) is 14.9 Å². The number of sulfone groups is 1. The number of nitrogens with one attached hydrogen (secondary N) is 2. The summed E-state index contributed by atoms with van der Waals surface area (Å²) in [7, 11) is -1.19. The lowest BCUT2D eigenvalue weighted by Gasteiger charge is -2.22. The number of carbonyl (C=O) groups is 2. The quantitative estimate of drug-likeness (QED) is 0.245. The van der Waals surface area contributed by atoms with Crippen LogP contribution in [-0.2, 0) is 21.1 Å². The molecule has 1 amide bonds. The van der Waals surface area contributed by atoms with Crippen LogP contribution in [0.15, 0.2) is 53.6 Å². The zero-order valence-corrected chi connectivity index (χ0v) is 24.3. The van der Waals surface area contributed by atoms with E-state index in [1.54, 1.807) is 12.1 Å². The third-order valence-corrected chi connectivity index (χ3v) is 7.57. The SMILES string of the molecule is CCN(CC)c1ncc(NCS(=O)(=O)c2ccc(F)cc2F)c(NC(Cc2ccc(OC(=O)N(C)C)cc2)C(=O)O)n1. The van der Waals surface area contributed by atoms with Gasteiger partial charge in [-0.25, -0.2) is 31.8 Å². The van der Waals surface area contributed by atoms with Crippen LogP contribution in [0.5, 0.6) is 5.75 Å². The van der Waals surface area contributed by atoms with Crippen molar-refractivity contribution in [2.45, 2.75) is 31.2 Å². The number of carbonyl (C=O) groups excluding carboxylic acids is 1. The van der Waals surface area contributed by atoms with E-state index in [1.165, 1.54) is 37.3 Å². The maximum atomic E-state index is 14.2. The van der Waals surface area contributed by atoms with Gasteiger partial charge in [-0.1, -0.05) is 12.1 Å². The first-order valence-electron chi connectivity index (χ1n) is 12.9. The highest BCUT2D eigenvalue weighted by Gasteiger charge is 2.24. The summed E-state index contributed by atoms with van der Waals surface area (Å²) in [6, 6.07) is 7.20. The van der Waals surface area contributed by atoms with Gasteiger partial charge in [-0.2, -0.15) is 4.98 Å². The van der Waals surface area contributed by atoms with Gasteiger partial charge >= 0.3 is 12.1 Å². The summed E-state index contributed by atoms with van der Waals surface area (Å²) in [5.74, 6) is -3.62. The van der Waals surface area contributed by atoms with Crippen LogP contribution in [-0.4, -0.2) is 79.6 Å². The molecule has 1 unspecified atom stereocenters. The minimum absolute atomic E-state index is 0.00520. The molecule has 1 aromatic heterocycles. The van der Waals surface area contributed by atoms with Gasteiger partial charge in [-0.15, -0.1) is 0 Å². The van der Waals surface area contributed by atoms with Crippen LogP contribution < -0.4 is 20.3 Å². The van der Waals surface area contributed by atoms with Crippen molar-refractivity contribution >= 4 is 39.4 Å². The number of hydrogen-bond donors (Lipinski definition) is 3. The molecule has 226 valence electrons. The minimum atomic E-state index is -4.27. The van der Waals surface area contributed by atoms with E-state index in [4.69, 9.17) is 4.74 Å². The summed E-state index contributed by atoms with van der Waals surface area (Å²) in [5.41, 5.74) is 0.649. The Bertz CT molecular complexity index is 1520. The highest BCUT2D eigenvalue weighted by molar-refractivity contribution is 7.91. The Kier molecular flexibility index (Phi) is 10.6. The first kappa shape index (κ1) is 32.0. The fraction of sp³-hybridized carbons (Fsp3) is 0.333. The lowest BCUT2D eigenvalue weighted by atomic mass is 10.1. The van der Waals surface area contributed by atoms with Gasteiger partial charge in [0.05, 0.1) is 11.9 Å². The van der Waals surface area contributed by atoms with Crippen LogP contribution in [0, 0.1) is 11.6 Å². The van der Waals surface area contributed by atoms with E-state index in [1.807, 2.05) is 18.7 Å². The van der Waals surface area contributed by atoms with Crippen molar-refractivity contribution < 1.29 is 36.6 Å². The number of ether oxygens (including phenoxy) is 1. The van der Waals surface area contributed by atoms with Gasteiger partial charge in [0.2, 0.25) is 5.95 Å². The summed E-state index contributed by atoms with van der Waals surface area (Å²) in [6.07, 6.45) is 0.719. The molecule has 3 rings (SSSR count). The molecule has 0 fully saturated rings. The smallest absolute Gasteiger partial charge is 0.414 e. The molecule has 0 bridgehead atoms. The molecule has 0 saturated carbocycles. The van der Waals surface area contributed by atoms with Crippen molar-refractivity contribution in [1.29, 1.82) is 0 Å². The maximum Gasteiger partial charge on any atom is 0.414 e. The number of hydrogen-bond acceptors (Lipinski definition) is 10. The summed E-state index contributed by atoms with van der Waals surface area (Å²) in [5, 5.41) is 15.5. The van der Waals surface area contributed by atoms with Gasteiger partial charge in [-0.05, 0) is 43.7 Å². The number of aliphatic carboxylic acids is 1. The monoisotopic (exact) mass is 606 g/mol. The molecule has 0 saturated heterocycles. The van der Waals surface area contributed by atoms with E-state index in [0.717, 1.165) is 12.1 Å².